The highest BCUT2D eigenvalue weighted by Crippen LogP contribution is 2.35. The zero-order chi connectivity index (χ0) is 13.9. The SMILES string of the molecule is N#Cc1ccc(Oc2ccccc2)cc1C(F)(F)F. The lowest BCUT2D eigenvalue weighted by atomic mass is 10.1. The Morgan fingerprint density at radius 3 is 2.21 bits per heavy atom. The fourth-order valence-electron chi connectivity index (χ4n) is 1.54. The fraction of sp³-hybridized carbons (Fsp3) is 0.0714. The summed E-state index contributed by atoms with van der Waals surface area (Å²) in [6.45, 7) is 0. The standard InChI is InChI=1S/C14H8F3NO/c15-14(16,17)13-8-12(7-6-10(13)9-18)19-11-4-2-1-3-5-11/h1-8H. The third-order valence-corrected chi connectivity index (χ3v) is 2.40. The minimum Gasteiger partial charge on any atom is -0.457 e. The van der Waals surface area contributed by atoms with Crippen LogP contribution in [0.15, 0.2) is 48.5 Å². The second-order valence-electron chi connectivity index (χ2n) is 3.73. The Labute approximate surface area is 107 Å². The highest BCUT2D eigenvalue weighted by molar-refractivity contribution is 5.45. The zero-order valence-electron chi connectivity index (χ0n) is 9.61. The van der Waals surface area contributed by atoms with Crippen LogP contribution >= 0.6 is 0 Å². The molecule has 0 aliphatic heterocycles. The van der Waals surface area contributed by atoms with Gasteiger partial charge in [0.25, 0.3) is 0 Å². The predicted molar refractivity (Wildman–Crippen MR) is 62.7 cm³/mol. The molecule has 0 aliphatic rings. The zero-order valence-corrected chi connectivity index (χ0v) is 9.61. The summed E-state index contributed by atoms with van der Waals surface area (Å²) >= 11 is 0. The van der Waals surface area contributed by atoms with E-state index in [0.29, 0.717) is 5.75 Å². The second-order valence-corrected chi connectivity index (χ2v) is 3.73. The fourth-order valence-corrected chi connectivity index (χ4v) is 1.54. The van der Waals surface area contributed by atoms with E-state index in [0.717, 1.165) is 12.1 Å². The molecule has 2 rings (SSSR count). The van der Waals surface area contributed by atoms with E-state index in [1.54, 1.807) is 30.3 Å². The van der Waals surface area contributed by atoms with Gasteiger partial charge in [0.05, 0.1) is 17.2 Å². The van der Waals surface area contributed by atoms with Crippen molar-refractivity contribution < 1.29 is 17.9 Å². The van der Waals surface area contributed by atoms with Crippen LogP contribution in [0.25, 0.3) is 0 Å². The van der Waals surface area contributed by atoms with Crippen molar-refractivity contribution in [2.24, 2.45) is 0 Å². The van der Waals surface area contributed by atoms with E-state index in [4.69, 9.17) is 10.00 Å². The monoisotopic (exact) mass is 263 g/mol. The molecule has 0 amide bonds. The number of benzene rings is 2. The maximum atomic E-state index is 12.7. The average molecular weight is 263 g/mol. The largest absolute Gasteiger partial charge is 0.457 e. The van der Waals surface area contributed by atoms with Crippen LogP contribution in [-0.4, -0.2) is 0 Å². The molecule has 0 aromatic heterocycles. The van der Waals surface area contributed by atoms with E-state index < -0.39 is 17.3 Å². The summed E-state index contributed by atoms with van der Waals surface area (Å²) in [4.78, 5) is 0. The van der Waals surface area contributed by atoms with Crippen LogP contribution in [0.4, 0.5) is 13.2 Å². The first kappa shape index (κ1) is 13.0. The molecule has 0 aliphatic carbocycles. The molecule has 5 heteroatoms. The summed E-state index contributed by atoms with van der Waals surface area (Å²) < 4.78 is 43.5. The molecule has 0 spiro atoms. The van der Waals surface area contributed by atoms with Gasteiger partial charge >= 0.3 is 6.18 Å². The molecule has 0 radical (unpaired) electrons. The summed E-state index contributed by atoms with van der Waals surface area (Å²) in [6.07, 6.45) is -4.58. The maximum Gasteiger partial charge on any atom is 0.417 e. The summed E-state index contributed by atoms with van der Waals surface area (Å²) in [6, 6.07) is 13.2. The highest BCUT2D eigenvalue weighted by Gasteiger charge is 2.34. The van der Waals surface area contributed by atoms with Crippen LogP contribution in [0.1, 0.15) is 11.1 Å². The van der Waals surface area contributed by atoms with Gasteiger partial charge in [-0.3, -0.25) is 0 Å². The normalized spacial score (nSPS) is 10.8. The number of para-hydroxylation sites is 1. The molecule has 0 bridgehead atoms. The van der Waals surface area contributed by atoms with Gasteiger partial charge in [-0.25, -0.2) is 0 Å². The predicted octanol–water partition coefficient (Wildman–Crippen LogP) is 4.37. The van der Waals surface area contributed by atoms with Gasteiger partial charge in [0.15, 0.2) is 0 Å². The number of halogens is 3. The Balaban J connectivity index is 2.37. The summed E-state index contributed by atoms with van der Waals surface area (Å²) in [7, 11) is 0. The van der Waals surface area contributed by atoms with Gasteiger partial charge in [0.1, 0.15) is 11.5 Å². The first-order valence-corrected chi connectivity index (χ1v) is 5.35. The van der Waals surface area contributed by atoms with E-state index in [9.17, 15) is 13.2 Å². The summed E-state index contributed by atoms with van der Waals surface area (Å²) in [5.74, 6) is 0.470. The molecule has 96 valence electrons. The molecule has 0 heterocycles. The Morgan fingerprint density at radius 1 is 0.947 bits per heavy atom. The molecule has 0 unspecified atom stereocenters. The van der Waals surface area contributed by atoms with Crippen molar-refractivity contribution in [1.82, 2.24) is 0 Å². The Morgan fingerprint density at radius 2 is 1.63 bits per heavy atom. The smallest absolute Gasteiger partial charge is 0.417 e. The number of nitrogens with zero attached hydrogens (tertiary/aromatic N) is 1. The van der Waals surface area contributed by atoms with Crippen LogP contribution in [-0.2, 0) is 6.18 Å². The number of nitriles is 1. The first-order valence-electron chi connectivity index (χ1n) is 5.35. The van der Waals surface area contributed by atoms with Crippen LogP contribution in [0.2, 0.25) is 0 Å². The van der Waals surface area contributed by atoms with Gasteiger partial charge < -0.3 is 4.74 Å². The van der Waals surface area contributed by atoms with E-state index >= 15 is 0 Å². The van der Waals surface area contributed by atoms with Crippen molar-refractivity contribution in [3.63, 3.8) is 0 Å². The molecule has 2 nitrogen and oxygen atoms in total. The van der Waals surface area contributed by atoms with Crippen LogP contribution in [0.5, 0.6) is 11.5 Å². The highest BCUT2D eigenvalue weighted by atomic mass is 19.4. The van der Waals surface area contributed by atoms with E-state index in [-0.39, 0.29) is 5.75 Å². The minimum absolute atomic E-state index is 0.0394. The van der Waals surface area contributed by atoms with Crippen LogP contribution in [0, 0.1) is 11.3 Å². The van der Waals surface area contributed by atoms with Gasteiger partial charge in [-0.2, -0.15) is 18.4 Å². The van der Waals surface area contributed by atoms with Gasteiger partial charge in [-0.1, -0.05) is 18.2 Å². The number of alkyl halides is 3. The lowest BCUT2D eigenvalue weighted by Crippen LogP contribution is -2.07. The second kappa shape index (κ2) is 5.02. The van der Waals surface area contributed by atoms with Crippen LogP contribution < -0.4 is 4.74 Å². The minimum atomic E-state index is -4.58. The molecule has 0 fully saturated rings. The number of hydrogen-bond acceptors (Lipinski definition) is 2. The van der Waals surface area contributed by atoms with Crippen molar-refractivity contribution in [3.05, 3.63) is 59.7 Å². The van der Waals surface area contributed by atoms with Crippen LogP contribution in [0.3, 0.4) is 0 Å². The number of rotatable bonds is 2. The Kier molecular flexibility index (Phi) is 3.43. The quantitative estimate of drug-likeness (QED) is 0.806. The number of hydrogen-bond donors (Lipinski definition) is 0. The maximum absolute atomic E-state index is 12.7. The van der Waals surface area contributed by atoms with E-state index in [1.807, 2.05) is 0 Å². The van der Waals surface area contributed by atoms with Crippen molar-refractivity contribution in [2.75, 3.05) is 0 Å². The molecule has 2 aromatic rings. The molecule has 0 atom stereocenters. The molecular weight excluding hydrogens is 255 g/mol. The molecule has 0 saturated heterocycles. The Bertz CT molecular complexity index is 615. The van der Waals surface area contributed by atoms with Gasteiger partial charge in [0.2, 0.25) is 0 Å². The molecule has 0 saturated carbocycles. The average Bonchev–Trinajstić information content (AvgIpc) is 2.39. The molecule has 19 heavy (non-hydrogen) atoms. The van der Waals surface area contributed by atoms with Gasteiger partial charge in [0, 0.05) is 0 Å². The molecular formula is C14H8F3NO. The third-order valence-electron chi connectivity index (χ3n) is 2.40. The summed E-state index contributed by atoms with van der Waals surface area (Å²) in [5.41, 5.74) is -1.42. The van der Waals surface area contributed by atoms with Gasteiger partial charge in [-0.15, -0.1) is 0 Å². The first-order chi connectivity index (χ1) is 9.00. The Hall–Kier alpha value is -2.48. The lowest BCUT2D eigenvalue weighted by molar-refractivity contribution is -0.137. The van der Waals surface area contributed by atoms with Crippen molar-refractivity contribution >= 4 is 0 Å². The molecule has 0 N–H and O–H groups in total. The van der Waals surface area contributed by atoms with Crippen molar-refractivity contribution in [2.45, 2.75) is 6.18 Å². The van der Waals surface area contributed by atoms with Crippen molar-refractivity contribution in [3.8, 4) is 17.6 Å². The lowest BCUT2D eigenvalue weighted by Gasteiger charge is -2.11. The van der Waals surface area contributed by atoms with Crippen molar-refractivity contribution in [1.29, 1.82) is 5.26 Å². The summed E-state index contributed by atoms with van der Waals surface area (Å²) in [5, 5.41) is 8.67. The van der Waals surface area contributed by atoms with E-state index in [2.05, 4.69) is 0 Å². The van der Waals surface area contributed by atoms with E-state index in [1.165, 1.54) is 12.1 Å². The third kappa shape index (κ3) is 3.05. The number of ether oxygens (including phenoxy) is 1. The molecule has 2 aromatic carbocycles. The van der Waals surface area contributed by atoms with Gasteiger partial charge in [-0.05, 0) is 30.3 Å². The topological polar surface area (TPSA) is 33.0 Å².